The Morgan fingerprint density at radius 1 is 1.05 bits per heavy atom. The van der Waals surface area contributed by atoms with Gasteiger partial charge in [0, 0.05) is 0 Å². The van der Waals surface area contributed by atoms with Crippen LogP contribution in [-0.2, 0) is 4.74 Å². The van der Waals surface area contributed by atoms with Gasteiger partial charge < -0.3 is 14.2 Å². The standard InChI is InChI=1S/C17H15BrO4/c1-20-11-8-6-10(7-9-11)16-15(18)12-4-3-5-13(21-2)14(12)17(19)22-16/h3-9,15-16H,1-2H3/t15-,16+/m0/s1. The van der Waals surface area contributed by atoms with Gasteiger partial charge in [-0.15, -0.1) is 0 Å². The summed E-state index contributed by atoms with van der Waals surface area (Å²) < 4.78 is 16.0. The second kappa shape index (κ2) is 6.01. The number of halogens is 1. The summed E-state index contributed by atoms with van der Waals surface area (Å²) in [6, 6.07) is 13.0. The molecular formula is C17H15BrO4. The minimum absolute atomic E-state index is 0.135. The Bertz CT molecular complexity index is 696. The fraction of sp³-hybridized carbons (Fsp3) is 0.235. The monoisotopic (exact) mass is 362 g/mol. The van der Waals surface area contributed by atoms with Crippen LogP contribution in [0.2, 0.25) is 0 Å². The number of hydrogen-bond donors (Lipinski definition) is 0. The van der Waals surface area contributed by atoms with Crippen LogP contribution in [-0.4, -0.2) is 20.2 Å². The Morgan fingerprint density at radius 2 is 1.77 bits per heavy atom. The van der Waals surface area contributed by atoms with Crippen molar-refractivity contribution in [2.75, 3.05) is 14.2 Å². The van der Waals surface area contributed by atoms with E-state index in [0.717, 1.165) is 16.9 Å². The van der Waals surface area contributed by atoms with Gasteiger partial charge in [0.25, 0.3) is 0 Å². The number of ether oxygens (including phenoxy) is 3. The van der Waals surface area contributed by atoms with E-state index in [-0.39, 0.29) is 10.8 Å². The lowest BCUT2D eigenvalue weighted by Gasteiger charge is -2.30. The molecular weight excluding hydrogens is 348 g/mol. The lowest BCUT2D eigenvalue weighted by molar-refractivity contribution is 0.0244. The first-order valence-electron chi connectivity index (χ1n) is 6.81. The summed E-state index contributed by atoms with van der Waals surface area (Å²) in [7, 11) is 3.16. The number of carbonyl (C=O) groups excluding carboxylic acids is 1. The van der Waals surface area contributed by atoms with Crippen molar-refractivity contribution in [3.63, 3.8) is 0 Å². The molecule has 0 aliphatic carbocycles. The number of rotatable bonds is 3. The molecule has 0 spiro atoms. The molecule has 2 aromatic rings. The first-order valence-corrected chi connectivity index (χ1v) is 7.73. The number of cyclic esters (lactones) is 1. The highest BCUT2D eigenvalue weighted by molar-refractivity contribution is 9.09. The number of benzene rings is 2. The molecule has 114 valence electrons. The first kappa shape index (κ1) is 14.9. The van der Waals surface area contributed by atoms with Gasteiger partial charge >= 0.3 is 5.97 Å². The van der Waals surface area contributed by atoms with Gasteiger partial charge in [0.2, 0.25) is 0 Å². The molecule has 0 fully saturated rings. The minimum Gasteiger partial charge on any atom is -0.497 e. The predicted molar refractivity (Wildman–Crippen MR) is 85.8 cm³/mol. The Kier molecular flexibility index (Phi) is 4.07. The average molecular weight is 363 g/mol. The van der Waals surface area contributed by atoms with E-state index in [0.29, 0.717) is 11.3 Å². The van der Waals surface area contributed by atoms with Crippen molar-refractivity contribution in [2.24, 2.45) is 0 Å². The van der Waals surface area contributed by atoms with Gasteiger partial charge in [-0.25, -0.2) is 4.79 Å². The van der Waals surface area contributed by atoms with Crippen LogP contribution in [0.5, 0.6) is 11.5 Å². The molecule has 2 aromatic carbocycles. The molecule has 0 bridgehead atoms. The largest absolute Gasteiger partial charge is 0.497 e. The SMILES string of the molecule is COc1ccc([C@H]2OC(=O)c3c(OC)cccc3[C@@H]2Br)cc1. The minimum atomic E-state index is -0.391. The first-order chi connectivity index (χ1) is 10.7. The van der Waals surface area contributed by atoms with Crippen LogP contribution in [0, 0.1) is 0 Å². The molecule has 0 N–H and O–H groups in total. The molecule has 0 saturated carbocycles. The van der Waals surface area contributed by atoms with Gasteiger partial charge in [-0.05, 0) is 29.3 Å². The van der Waals surface area contributed by atoms with Gasteiger partial charge in [-0.2, -0.15) is 0 Å². The smallest absolute Gasteiger partial charge is 0.342 e. The molecule has 22 heavy (non-hydrogen) atoms. The van der Waals surface area contributed by atoms with E-state index in [1.54, 1.807) is 20.3 Å². The number of carbonyl (C=O) groups is 1. The third-order valence-corrected chi connectivity index (χ3v) is 4.70. The summed E-state index contributed by atoms with van der Waals surface area (Å²) in [6.45, 7) is 0. The number of alkyl halides is 1. The third kappa shape index (κ3) is 2.46. The zero-order valence-corrected chi connectivity index (χ0v) is 13.8. The van der Waals surface area contributed by atoms with E-state index in [1.165, 1.54) is 0 Å². The molecule has 1 aliphatic rings. The van der Waals surface area contributed by atoms with Crippen LogP contribution in [0.3, 0.4) is 0 Å². The number of hydrogen-bond acceptors (Lipinski definition) is 4. The number of methoxy groups -OCH3 is 2. The Hall–Kier alpha value is -2.01. The van der Waals surface area contributed by atoms with Crippen molar-refractivity contribution in [1.82, 2.24) is 0 Å². The zero-order valence-electron chi connectivity index (χ0n) is 12.2. The maximum absolute atomic E-state index is 12.4. The predicted octanol–water partition coefficient (Wildman–Crippen LogP) is 4.05. The third-order valence-electron chi connectivity index (χ3n) is 3.72. The summed E-state index contributed by atoms with van der Waals surface area (Å²) in [6.07, 6.45) is -0.391. The van der Waals surface area contributed by atoms with Gasteiger partial charge in [-0.1, -0.05) is 40.2 Å². The maximum Gasteiger partial charge on any atom is 0.342 e. The summed E-state index contributed by atoms with van der Waals surface area (Å²) in [5.41, 5.74) is 2.26. The zero-order chi connectivity index (χ0) is 15.7. The fourth-order valence-corrected chi connectivity index (χ4v) is 3.39. The number of esters is 1. The Morgan fingerprint density at radius 3 is 2.41 bits per heavy atom. The molecule has 0 unspecified atom stereocenters. The molecule has 2 atom stereocenters. The van der Waals surface area contributed by atoms with Crippen molar-refractivity contribution in [2.45, 2.75) is 10.9 Å². The quantitative estimate of drug-likeness (QED) is 0.610. The maximum atomic E-state index is 12.4. The van der Waals surface area contributed by atoms with Crippen molar-refractivity contribution in [3.05, 3.63) is 59.2 Å². The average Bonchev–Trinajstić information content (AvgIpc) is 2.57. The molecule has 3 rings (SSSR count). The van der Waals surface area contributed by atoms with Crippen LogP contribution in [0.25, 0.3) is 0 Å². The van der Waals surface area contributed by atoms with Crippen LogP contribution in [0.1, 0.15) is 32.4 Å². The normalized spacial score (nSPS) is 20.0. The summed E-state index contributed by atoms with van der Waals surface area (Å²) in [5.74, 6) is 0.920. The van der Waals surface area contributed by atoms with E-state index in [4.69, 9.17) is 14.2 Å². The topological polar surface area (TPSA) is 44.8 Å². The molecule has 1 heterocycles. The van der Waals surface area contributed by atoms with Crippen LogP contribution in [0.4, 0.5) is 0 Å². The van der Waals surface area contributed by atoms with Crippen molar-refractivity contribution < 1.29 is 19.0 Å². The van der Waals surface area contributed by atoms with E-state index in [1.807, 2.05) is 36.4 Å². The Balaban J connectivity index is 2.01. The van der Waals surface area contributed by atoms with Crippen molar-refractivity contribution in [3.8, 4) is 11.5 Å². The molecule has 1 aliphatic heterocycles. The van der Waals surface area contributed by atoms with Gasteiger partial charge in [-0.3, -0.25) is 0 Å². The second-order valence-corrected chi connectivity index (χ2v) is 5.91. The van der Waals surface area contributed by atoms with Gasteiger partial charge in [0.15, 0.2) is 0 Å². The molecule has 4 nitrogen and oxygen atoms in total. The van der Waals surface area contributed by atoms with E-state index >= 15 is 0 Å². The molecule has 0 saturated heterocycles. The Labute approximate surface area is 137 Å². The lowest BCUT2D eigenvalue weighted by atomic mass is 9.94. The molecule has 5 heteroatoms. The van der Waals surface area contributed by atoms with Gasteiger partial charge in [0.1, 0.15) is 23.2 Å². The van der Waals surface area contributed by atoms with Crippen LogP contribution in [0.15, 0.2) is 42.5 Å². The molecule has 0 radical (unpaired) electrons. The van der Waals surface area contributed by atoms with E-state index in [9.17, 15) is 4.79 Å². The van der Waals surface area contributed by atoms with Gasteiger partial charge in [0.05, 0.1) is 19.0 Å². The second-order valence-electron chi connectivity index (χ2n) is 4.93. The number of fused-ring (bicyclic) bond motifs is 1. The van der Waals surface area contributed by atoms with Crippen LogP contribution >= 0.6 is 15.9 Å². The highest BCUT2D eigenvalue weighted by Gasteiger charge is 2.37. The summed E-state index contributed by atoms with van der Waals surface area (Å²) in [5, 5.41) is 0. The highest BCUT2D eigenvalue weighted by Crippen LogP contribution is 2.46. The molecule has 0 amide bonds. The van der Waals surface area contributed by atoms with Crippen molar-refractivity contribution >= 4 is 21.9 Å². The van der Waals surface area contributed by atoms with Crippen molar-refractivity contribution in [1.29, 1.82) is 0 Å². The van der Waals surface area contributed by atoms with Crippen LogP contribution < -0.4 is 9.47 Å². The fourth-order valence-electron chi connectivity index (χ4n) is 2.59. The summed E-state index contributed by atoms with van der Waals surface area (Å²) in [4.78, 5) is 12.2. The highest BCUT2D eigenvalue weighted by atomic mass is 79.9. The summed E-state index contributed by atoms with van der Waals surface area (Å²) >= 11 is 3.65. The van der Waals surface area contributed by atoms with E-state index in [2.05, 4.69) is 15.9 Å². The van der Waals surface area contributed by atoms with E-state index < -0.39 is 6.10 Å². The molecule has 0 aromatic heterocycles. The lowest BCUT2D eigenvalue weighted by Crippen LogP contribution is -2.24.